The molecule has 1 aliphatic carbocycles. The van der Waals surface area contributed by atoms with Crippen LogP contribution in [0.3, 0.4) is 0 Å². The highest BCUT2D eigenvalue weighted by Gasteiger charge is 2.34. The van der Waals surface area contributed by atoms with E-state index in [1.807, 2.05) is 0 Å². The van der Waals surface area contributed by atoms with E-state index in [0.29, 0.717) is 23.9 Å². The summed E-state index contributed by atoms with van der Waals surface area (Å²) in [5.74, 6) is 0.401. The van der Waals surface area contributed by atoms with Gasteiger partial charge in [-0.2, -0.15) is 0 Å². The normalized spacial score (nSPS) is 25.6. The average Bonchev–Trinajstić information content (AvgIpc) is 2.47. The van der Waals surface area contributed by atoms with E-state index in [2.05, 4.69) is 12.2 Å². The lowest BCUT2D eigenvalue weighted by Crippen LogP contribution is -2.45. The number of hydrogen-bond donors (Lipinski definition) is 3. The van der Waals surface area contributed by atoms with Crippen LogP contribution in [-0.2, 0) is 0 Å². The smallest absolute Gasteiger partial charge is 0.167 e. The third-order valence-electron chi connectivity index (χ3n) is 4.34. The summed E-state index contributed by atoms with van der Waals surface area (Å²) in [6.07, 6.45) is 3.89. The fourth-order valence-corrected chi connectivity index (χ4v) is 2.87. The number of halogens is 1. The Morgan fingerprint density at radius 3 is 2.67 bits per heavy atom. The molecule has 0 heterocycles. The second-order valence-corrected chi connectivity index (χ2v) is 6.05. The summed E-state index contributed by atoms with van der Waals surface area (Å²) in [5, 5.41) is 13.1. The first-order chi connectivity index (χ1) is 9.99. The van der Waals surface area contributed by atoms with Crippen molar-refractivity contribution in [3.63, 3.8) is 0 Å². The zero-order valence-corrected chi connectivity index (χ0v) is 12.8. The van der Waals surface area contributed by atoms with Crippen molar-refractivity contribution in [3.8, 4) is 5.75 Å². The molecule has 1 aromatic rings. The molecule has 0 saturated heterocycles. The van der Waals surface area contributed by atoms with Crippen LogP contribution in [0.2, 0.25) is 0 Å². The molecule has 0 bridgehead atoms. The highest BCUT2D eigenvalue weighted by Crippen LogP contribution is 2.37. The lowest BCUT2D eigenvalue weighted by atomic mass is 9.77. The van der Waals surface area contributed by atoms with Crippen LogP contribution in [-0.4, -0.2) is 23.9 Å². The van der Waals surface area contributed by atoms with Crippen molar-refractivity contribution >= 4 is 11.4 Å². The summed E-state index contributed by atoms with van der Waals surface area (Å²) in [4.78, 5) is 0. The summed E-state index contributed by atoms with van der Waals surface area (Å²) in [5.41, 5.74) is 6.50. The monoisotopic (exact) mass is 296 g/mol. The van der Waals surface area contributed by atoms with Gasteiger partial charge >= 0.3 is 0 Å². The van der Waals surface area contributed by atoms with E-state index in [0.717, 1.165) is 25.7 Å². The van der Waals surface area contributed by atoms with Crippen LogP contribution in [0.15, 0.2) is 12.1 Å². The molecule has 4 N–H and O–H groups in total. The van der Waals surface area contributed by atoms with Crippen molar-refractivity contribution < 1.29 is 14.2 Å². The minimum Gasteiger partial charge on any atom is -0.491 e. The van der Waals surface area contributed by atoms with Crippen molar-refractivity contribution in [3.05, 3.63) is 17.9 Å². The minimum atomic E-state index is -0.463. The molecular weight excluding hydrogens is 271 g/mol. The highest BCUT2D eigenvalue weighted by molar-refractivity contribution is 5.69. The second-order valence-electron chi connectivity index (χ2n) is 6.05. The molecule has 1 aromatic carbocycles. The largest absolute Gasteiger partial charge is 0.491 e. The average molecular weight is 296 g/mol. The maximum absolute atomic E-state index is 13.7. The second kappa shape index (κ2) is 6.52. The molecule has 118 valence electrons. The third-order valence-corrected chi connectivity index (χ3v) is 4.34. The number of rotatable bonds is 5. The van der Waals surface area contributed by atoms with Gasteiger partial charge in [0.15, 0.2) is 11.6 Å². The third kappa shape index (κ3) is 3.59. The van der Waals surface area contributed by atoms with E-state index >= 15 is 0 Å². The molecule has 0 spiro atoms. The summed E-state index contributed by atoms with van der Waals surface area (Å²) in [7, 11) is 0. The molecule has 21 heavy (non-hydrogen) atoms. The number of nitrogen functional groups attached to an aromatic ring is 1. The fraction of sp³-hybridized carbons (Fsp3) is 0.625. The van der Waals surface area contributed by atoms with E-state index in [1.165, 1.54) is 6.07 Å². The number of nitrogens with two attached hydrogens (primary N) is 1. The number of nitrogens with one attached hydrogen (secondary N) is 1. The van der Waals surface area contributed by atoms with E-state index in [9.17, 15) is 9.50 Å². The molecule has 1 saturated carbocycles. The lowest BCUT2D eigenvalue weighted by molar-refractivity contribution is 0.155. The molecule has 0 aliphatic heterocycles. The Kier molecular flexibility index (Phi) is 4.93. The van der Waals surface area contributed by atoms with Gasteiger partial charge in [-0.25, -0.2) is 4.39 Å². The standard InChI is InChI=1S/C16H25FN2O2/c1-3-21-15-9-14(13(18)8-12(15)17)19-16(10-20)6-4-11(2)5-7-16/h8-9,11,19-20H,3-7,10,18H2,1-2H3. The number of aliphatic hydroxyl groups is 1. The topological polar surface area (TPSA) is 67.5 Å². The number of ether oxygens (including phenoxy) is 1. The number of aliphatic hydroxyl groups excluding tert-OH is 1. The van der Waals surface area contributed by atoms with Gasteiger partial charge in [0.1, 0.15) is 0 Å². The van der Waals surface area contributed by atoms with E-state index in [4.69, 9.17) is 10.5 Å². The van der Waals surface area contributed by atoms with Gasteiger partial charge in [-0.15, -0.1) is 0 Å². The zero-order chi connectivity index (χ0) is 15.5. The summed E-state index contributed by atoms with van der Waals surface area (Å²) >= 11 is 0. The minimum absolute atomic E-state index is 0.0422. The van der Waals surface area contributed by atoms with Gasteiger partial charge in [0.2, 0.25) is 0 Å². The predicted octanol–water partition coefficient (Wildman–Crippen LogP) is 3.16. The quantitative estimate of drug-likeness (QED) is 0.730. The molecule has 0 atom stereocenters. The van der Waals surface area contributed by atoms with Crippen LogP contribution in [0.25, 0.3) is 0 Å². The molecule has 2 rings (SSSR count). The molecule has 1 fully saturated rings. The van der Waals surface area contributed by atoms with Gasteiger partial charge in [0.05, 0.1) is 30.1 Å². The summed E-state index contributed by atoms with van der Waals surface area (Å²) in [6.45, 7) is 4.46. The number of hydrogen-bond acceptors (Lipinski definition) is 4. The van der Waals surface area contributed by atoms with Gasteiger partial charge in [-0.05, 0) is 38.5 Å². The summed E-state index contributed by atoms with van der Waals surface area (Å²) < 4.78 is 19.0. The van der Waals surface area contributed by atoms with Gasteiger partial charge in [-0.1, -0.05) is 6.92 Å². The first-order valence-electron chi connectivity index (χ1n) is 7.60. The zero-order valence-electron chi connectivity index (χ0n) is 12.8. The number of anilines is 2. The van der Waals surface area contributed by atoms with Crippen LogP contribution < -0.4 is 15.8 Å². The van der Waals surface area contributed by atoms with Crippen molar-refractivity contribution in [2.45, 2.75) is 45.1 Å². The van der Waals surface area contributed by atoms with E-state index in [1.54, 1.807) is 13.0 Å². The first kappa shape index (κ1) is 15.9. The van der Waals surface area contributed by atoms with Crippen molar-refractivity contribution in [2.75, 3.05) is 24.3 Å². The van der Waals surface area contributed by atoms with Gasteiger partial charge in [-0.3, -0.25) is 0 Å². The van der Waals surface area contributed by atoms with E-state index in [-0.39, 0.29) is 17.9 Å². The molecule has 0 amide bonds. The van der Waals surface area contributed by atoms with Crippen LogP contribution >= 0.6 is 0 Å². The van der Waals surface area contributed by atoms with Gasteiger partial charge < -0.3 is 20.9 Å². The van der Waals surface area contributed by atoms with Gasteiger partial charge in [0.25, 0.3) is 0 Å². The molecule has 4 nitrogen and oxygen atoms in total. The van der Waals surface area contributed by atoms with Crippen LogP contribution in [0.5, 0.6) is 5.75 Å². The first-order valence-corrected chi connectivity index (χ1v) is 7.60. The molecule has 0 radical (unpaired) electrons. The van der Waals surface area contributed by atoms with Gasteiger partial charge in [0, 0.05) is 12.1 Å². The summed E-state index contributed by atoms with van der Waals surface area (Å²) in [6, 6.07) is 2.85. The SMILES string of the molecule is CCOc1cc(NC2(CO)CCC(C)CC2)c(N)cc1F. The Morgan fingerprint density at radius 2 is 2.10 bits per heavy atom. The van der Waals surface area contributed by atoms with Crippen LogP contribution in [0.1, 0.15) is 39.5 Å². The Labute approximate surface area is 125 Å². The van der Waals surface area contributed by atoms with E-state index < -0.39 is 5.82 Å². The predicted molar refractivity (Wildman–Crippen MR) is 83.1 cm³/mol. The molecular formula is C16H25FN2O2. The number of benzene rings is 1. The molecule has 5 heteroatoms. The maximum Gasteiger partial charge on any atom is 0.167 e. The highest BCUT2D eigenvalue weighted by atomic mass is 19.1. The Bertz CT molecular complexity index is 485. The lowest BCUT2D eigenvalue weighted by Gasteiger charge is -2.40. The Morgan fingerprint density at radius 1 is 1.43 bits per heavy atom. The van der Waals surface area contributed by atoms with Crippen molar-refractivity contribution in [2.24, 2.45) is 5.92 Å². The van der Waals surface area contributed by atoms with Crippen molar-refractivity contribution in [1.29, 1.82) is 0 Å². The van der Waals surface area contributed by atoms with Crippen LogP contribution in [0, 0.1) is 11.7 Å². The maximum atomic E-state index is 13.7. The molecule has 1 aliphatic rings. The fourth-order valence-electron chi connectivity index (χ4n) is 2.87. The Balaban J connectivity index is 2.22. The Hall–Kier alpha value is -1.49. The van der Waals surface area contributed by atoms with Crippen LogP contribution in [0.4, 0.5) is 15.8 Å². The molecule has 0 aromatic heterocycles. The van der Waals surface area contributed by atoms with Crippen molar-refractivity contribution in [1.82, 2.24) is 0 Å². The molecule has 0 unspecified atom stereocenters.